The summed E-state index contributed by atoms with van der Waals surface area (Å²) in [7, 11) is 0. The van der Waals surface area contributed by atoms with E-state index in [2.05, 4.69) is 48.3 Å². The van der Waals surface area contributed by atoms with E-state index in [9.17, 15) is 0 Å². The molecule has 0 spiro atoms. The molecular formula is C15H17NS2. The molecule has 0 saturated carbocycles. The van der Waals surface area contributed by atoms with Gasteiger partial charge in [0.1, 0.15) is 5.03 Å². The van der Waals surface area contributed by atoms with Gasteiger partial charge in [-0.15, -0.1) is 23.5 Å². The summed E-state index contributed by atoms with van der Waals surface area (Å²) in [6, 6.07) is 14.7. The van der Waals surface area contributed by atoms with Gasteiger partial charge < -0.3 is 0 Å². The van der Waals surface area contributed by atoms with Crippen LogP contribution in [0.3, 0.4) is 0 Å². The highest BCUT2D eigenvalue weighted by Crippen LogP contribution is 2.31. The normalized spacial score (nSPS) is 10.5. The lowest BCUT2D eigenvalue weighted by Gasteiger charge is -2.07. The van der Waals surface area contributed by atoms with Crippen molar-refractivity contribution in [3.8, 4) is 0 Å². The number of nitrogens with zero attached hydrogens (tertiary/aromatic N) is 1. The Morgan fingerprint density at radius 2 is 1.83 bits per heavy atom. The molecule has 1 aromatic carbocycles. The van der Waals surface area contributed by atoms with Crippen LogP contribution in [-0.4, -0.2) is 10.7 Å². The number of rotatable bonds is 6. The summed E-state index contributed by atoms with van der Waals surface area (Å²) in [6.07, 6.45) is 3.08. The average Bonchev–Trinajstić information content (AvgIpc) is 2.45. The second-order valence-electron chi connectivity index (χ2n) is 3.93. The zero-order valence-electron chi connectivity index (χ0n) is 10.5. The summed E-state index contributed by atoms with van der Waals surface area (Å²) in [5, 5.41) is 1.15. The molecule has 94 valence electrons. The topological polar surface area (TPSA) is 12.9 Å². The number of benzene rings is 1. The molecule has 0 N–H and O–H groups in total. The summed E-state index contributed by atoms with van der Waals surface area (Å²) < 4.78 is 0. The van der Waals surface area contributed by atoms with Crippen LogP contribution < -0.4 is 0 Å². The largest absolute Gasteiger partial charge is 0.249 e. The maximum absolute atomic E-state index is 4.49. The van der Waals surface area contributed by atoms with Crippen LogP contribution in [0.25, 0.3) is 0 Å². The molecule has 1 aromatic heterocycles. The van der Waals surface area contributed by atoms with Crippen molar-refractivity contribution < 1.29 is 0 Å². The van der Waals surface area contributed by atoms with E-state index < -0.39 is 0 Å². The lowest BCUT2D eigenvalue weighted by molar-refractivity contribution is 1.02. The molecule has 0 radical (unpaired) electrons. The van der Waals surface area contributed by atoms with E-state index in [0.29, 0.717) is 0 Å². The van der Waals surface area contributed by atoms with E-state index in [1.54, 1.807) is 0 Å². The SMILES string of the molecule is CCCSc1cccnc1SCc1ccccc1. The highest BCUT2D eigenvalue weighted by atomic mass is 32.2. The van der Waals surface area contributed by atoms with Gasteiger partial charge in [-0.3, -0.25) is 0 Å². The molecule has 0 amide bonds. The van der Waals surface area contributed by atoms with E-state index in [4.69, 9.17) is 0 Å². The highest BCUT2D eigenvalue weighted by Gasteiger charge is 2.04. The number of aromatic nitrogens is 1. The Hall–Kier alpha value is -0.930. The Morgan fingerprint density at radius 3 is 2.61 bits per heavy atom. The number of hydrogen-bond donors (Lipinski definition) is 0. The maximum Gasteiger partial charge on any atom is 0.110 e. The van der Waals surface area contributed by atoms with Crippen molar-refractivity contribution >= 4 is 23.5 Å². The lowest BCUT2D eigenvalue weighted by atomic mass is 10.2. The standard InChI is InChI=1S/C15H17NS2/c1-2-11-17-14-9-6-10-16-15(14)18-12-13-7-4-3-5-8-13/h3-10H,2,11-12H2,1H3. The van der Waals surface area contributed by atoms with Crippen LogP contribution >= 0.6 is 23.5 Å². The summed E-state index contributed by atoms with van der Waals surface area (Å²) >= 11 is 3.72. The molecule has 0 aliphatic carbocycles. The summed E-state index contributed by atoms with van der Waals surface area (Å²) in [4.78, 5) is 5.79. The molecule has 0 fully saturated rings. The smallest absolute Gasteiger partial charge is 0.110 e. The predicted octanol–water partition coefficient (Wildman–Crippen LogP) is 4.88. The second kappa shape index (κ2) is 7.49. The molecule has 0 bridgehead atoms. The van der Waals surface area contributed by atoms with E-state index in [1.165, 1.54) is 16.9 Å². The Balaban J connectivity index is 2.00. The quantitative estimate of drug-likeness (QED) is 0.698. The molecule has 0 atom stereocenters. The molecule has 1 nitrogen and oxygen atoms in total. The van der Waals surface area contributed by atoms with E-state index in [1.807, 2.05) is 35.8 Å². The Bertz CT molecular complexity index is 471. The van der Waals surface area contributed by atoms with Crippen molar-refractivity contribution in [1.82, 2.24) is 4.98 Å². The van der Waals surface area contributed by atoms with Gasteiger partial charge in [0, 0.05) is 16.8 Å². The fourth-order valence-electron chi connectivity index (χ4n) is 1.53. The van der Waals surface area contributed by atoms with Gasteiger partial charge >= 0.3 is 0 Å². The van der Waals surface area contributed by atoms with Crippen LogP contribution in [0.5, 0.6) is 0 Å². The molecule has 0 unspecified atom stereocenters. The van der Waals surface area contributed by atoms with Gasteiger partial charge in [-0.05, 0) is 29.9 Å². The summed E-state index contributed by atoms with van der Waals surface area (Å²) in [6.45, 7) is 2.21. The van der Waals surface area contributed by atoms with Crippen molar-refractivity contribution in [3.63, 3.8) is 0 Å². The molecule has 0 saturated heterocycles. The van der Waals surface area contributed by atoms with Gasteiger partial charge in [0.15, 0.2) is 0 Å². The van der Waals surface area contributed by atoms with Crippen molar-refractivity contribution in [3.05, 3.63) is 54.2 Å². The molecule has 3 heteroatoms. The zero-order valence-corrected chi connectivity index (χ0v) is 12.1. The zero-order chi connectivity index (χ0) is 12.6. The van der Waals surface area contributed by atoms with Crippen LogP contribution in [0.15, 0.2) is 58.6 Å². The molecule has 18 heavy (non-hydrogen) atoms. The summed E-state index contributed by atoms with van der Waals surface area (Å²) in [5.41, 5.74) is 1.35. The van der Waals surface area contributed by atoms with E-state index in [-0.39, 0.29) is 0 Å². The van der Waals surface area contributed by atoms with Crippen molar-refractivity contribution in [1.29, 1.82) is 0 Å². The minimum Gasteiger partial charge on any atom is -0.249 e. The lowest BCUT2D eigenvalue weighted by Crippen LogP contribution is -1.87. The molecule has 1 heterocycles. The first-order valence-electron chi connectivity index (χ1n) is 6.14. The van der Waals surface area contributed by atoms with Crippen molar-refractivity contribution in [2.24, 2.45) is 0 Å². The molecule has 2 rings (SSSR count). The van der Waals surface area contributed by atoms with Crippen LogP contribution in [-0.2, 0) is 5.75 Å². The third-order valence-corrected chi connectivity index (χ3v) is 4.87. The fraction of sp³-hybridized carbons (Fsp3) is 0.267. The first-order valence-corrected chi connectivity index (χ1v) is 8.12. The maximum atomic E-state index is 4.49. The molecule has 2 aromatic rings. The monoisotopic (exact) mass is 275 g/mol. The third kappa shape index (κ3) is 4.07. The third-order valence-electron chi connectivity index (χ3n) is 2.42. The molecular weight excluding hydrogens is 258 g/mol. The van der Waals surface area contributed by atoms with Gasteiger partial charge in [-0.2, -0.15) is 0 Å². The van der Waals surface area contributed by atoms with Gasteiger partial charge in [0.25, 0.3) is 0 Å². The first kappa shape index (κ1) is 13.5. The fourth-order valence-corrected chi connectivity index (χ4v) is 3.50. The Morgan fingerprint density at radius 1 is 1.00 bits per heavy atom. The average molecular weight is 275 g/mol. The number of pyridine rings is 1. The van der Waals surface area contributed by atoms with Crippen molar-refractivity contribution in [2.45, 2.75) is 29.0 Å². The van der Waals surface area contributed by atoms with Gasteiger partial charge in [0.05, 0.1) is 0 Å². The number of hydrogen-bond acceptors (Lipinski definition) is 3. The minimum atomic E-state index is 0.984. The van der Waals surface area contributed by atoms with Crippen LogP contribution in [0.4, 0.5) is 0 Å². The van der Waals surface area contributed by atoms with Gasteiger partial charge in [0.2, 0.25) is 0 Å². The van der Waals surface area contributed by atoms with E-state index >= 15 is 0 Å². The van der Waals surface area contributed by atoms with Crippen LogP contribution in [0.2, 0.25) is 0 Å². The Labute approximate surface area is 117 Å². The highest BCUT2D eigenvalue weighted by molar-refractivity contribution is 8.01. The Kier molecular flexibility index (Phi) is 5.62. The molecule has 0 aliphatic rings. The van der Waals surface area contributed by atoms with Gasteiger partial charge in [-0.25, -0.2) is 4.98 Å². The predicted molar refractivity (Wildman–Crippen MR) is 81.3 cm³/mol. The van der Waals surface area contributed by atoms with E-state index in [0.717, 1.165) is 16.5 Å². The summed E-state index contributed by atoms with van der Waals surface area (Å²) in [5.74, 6) is 2.14. The number of thioether (sulfide) groups is 2. The van der Waals surface area contributed by atoms with Crippen LogP contribution in [0.1, 0.15) is 18.9 Å². The van der Waals surface area contributed by atoms with Gasteiger partial charge in [-0.1, -0.05) is 37.3 Å². The second-order valence-corrected chi connectivity index (χ2v) is 6.03. The van der Waals surface area contributed by atoms with Crippen molar-refractivity contribution in [2.75, 3.05) is 5.75 Å². The minimum absolute atomic E-state index is 0.984. The first-order chi connectivity index (χ1) is 8.90. The molecule has 0 aliphatic heterocycles. The van der Waals surface area contributed by atoms with Crippen LogP contribution in [0, 0.1) is 0 Å².